The summed E-state index contributed by atoms with van der Waals surface area (Å²) in [5, 5.41) is 0.859. The molecule has 2 aromatic rings. The summed E-state index contributed by atoms with van der Waals surface area (Å²) in [6.07, 6.45) is 4.71. The van der Waals surface area contributed by atoms with Gasteiger partial charge in [0.1, 0.15) is 0 Å². The van der Waals surface area contributed by atoms with Crippen LogP contribution in [0.15, 0.2) is 42.5 Å². The Kier molecular flexibility index (Phi) is 5.84. The number of rotatable bonds is 6. The number of aryl methyl sites for hydroxylation is 1. The van der Waals surface area contributed by atoms with Gasteiger partial charge in [-0.05, 0) is 36.6 Å². The van der Waals surface area contributed by atoms with Crippen LogP contribution < -0.4 is 0 Å². The van der Waals surface area contributed by atoms with Gasteiger partial charge in [-0.1, -0.05) is 67.2 Å². The van der Waals surface area contributed by atoms with E-state index in [1.165, 1.54) is 24.8 Å². The lowest BCUT2D eigenvalue weighted by atomic mass is 10.0. The Morgan fingerprint density at radius 1 is 0.905 bits per heavy atom. The van der Waals surface area contributed by atoms with Gasteiger partial charge >= 0.3 is 0 Å². The Hall–Kier alpha value is -1.31. The van der Waals surface area contributed by atoms with Gasteiger partial charge in [-0.25, -0.2) is 0 Å². The second-order valence-corrected chi connectivity index (χ2v) is 5.93. The van der Waals surface area contributed by atoms with Crippen molar-refractivity contribution < 1.29 is 4.79 Å². The Labute approximate surface area is 135 Å². The van der Waals surface area contributed by atoms with Gasteiger partial charge < -0.3 is 0 Å². The van der Waals surface area contributed by atoms with E-state index in [1.807, 2.05) is 24.3 Å². The summed E-state index contributed by atoms with van der Waals surface area (Å²) in [6, 6.07) is 12.8. The minimum absolute atomic E-state index is 0.0336. The van der Waals surface area contributed by atoms with Gasteiger partial charge in [0, 0.05) is 11.1 Å². The molecule has 110 valence electrons. The highest BCUT2D eigenvalue weighted by molar-refractivity contribution is 6.42. The van der Waals surface area contributed by atoms with Crippen molar-refractivity contribution in [3.63, 3.8) is 0 Å². The molecule has 2 aromatic carbocycles. The Morgan fingerprint density at radius 3 is 2.19 bits per heavy atom. The zero-order chi connectivity index (χ0) is 15.2. The Balaban J connectivity index is 2.10. The van der Waals surface area contributed by atoms with Crippen LogP contribution in [0.25, 0.3) is 0 Å². The monoisotopic (exact) mass is 320 g/mol. The van der Waals surface area contributed by atoms with Crippen molar-refractivity contribution >= 4 is 29.0 Å². The third-order valence-electron chi connectivity index (χ3n) is 3.47. The quantitative estimate of drug-likeness (QED) is 0.474. The fraction of sp³-hybridized carbons (Fsp3) is 0.278. The number of benzene rings is 2. The molecule has 21 heavy (non-hydrogen) atoms. The van der Waals surface area contributed by atoms with E-state index >= 15 is 0 Å². The molecule has 0 aliphatic rings. The van der Waals surface area contributed by atoms with Crippen LogP contribution in [0.3, 0.4) is 0 Å². The molecule has 0 saturated carbocycles. The van der Waals surface area contributed by atoms with Crippen LogP contribution in [0.1, 0.15) is 47.7 Å². The van der Waals surface area contributed by atoms with Crippen LogP contribution in [0.4, 0.5) is 0 Å². The standard InChI is InChI=1S/C18H18Cl2O/c1-2-3-4-5-13-6-8-14(9-7-13)18(21)15-10-11-16(19)17(20)12-15/h6-12H,2-5H2,1H3. The predicted molar refractivity (Wildman–Crippen MR) is 89.6 cm³/mol. The highest BCUT2D eigenvalue weighted by atomic mass is 35.5. The van der Waals surface area contributed by atoms with Crippen molar-refractivity contribution in [1.29, 1.82) is 0 Å². The SMILES string of the molecule is CCCCCc1ccc(C(=O)c2ccc(Cl)c(Cl)c2)cc1. The van der Waals surface area contributed by atoms with Crippen LogP contribution in [0, 0.1) is 0 Å². The van der Waals surface area contributed by atoms with E-state index < -0.39 is 0 Å². The molecule has 1 nitrogen and oxygen atoms in total. The Morgan fingerprint density at radius 2 is 1.57 bits per heavy atom. The molecule has 0 amide bonds. The Bertz CT molecular complexity index is 618. The lowest BCUT2D eigenvalue weighted by molar-refractivity contribution is 0.103. The summed E-state index contributed by atoms with van der Waals surface area (Å²) in [5.41, 5.74) is 2.50. The van der Waals surface area contributed by atoms with Gasteiger partial charge in [0.15, 0.2) is 5.78 Å². The molecule has 0 heterocycles. The van der Waals surface area contributed by atoms with Crippen molar-refractivity contribution in [3.05, 3.63) is 69.2 Å². The minimum Gasteiger partial charge on any atom is -0.289 e. The van der Waals surface area contributed by atoms with Crippen molar-refractivity contribution in [2.45, 2.75) is 32.6 Å². The first-order chi connectivity index (χ1) is 10.1. The van der Waals surface area contributed by atoms with Crippen LogP contribution in [-0.4, -0.2) is 5.78 Å². The van der Waals surface area contributed by atoms with Crippen LogP contribution in [0.2, 0.25) is 10.0 Å². The highest BCUT2D eigenvalue weighted by Gasteiger charge is 2.10. The molecule has 0 spiro atoms. The molecule has 3 heteroatoms. The lowest BCUT2D eigenvalue weighted by Gasteiger charge is -2.05. The van der Waals surface area contributed by atoms with E-state index in [0.717, 1.165) is 6.42 Å². The second-order valence-electron chi connectivity index (χ2n) is 5.11. The van der Waals surface area contributed by atoms with E-state index in [1.54, 1.807) is 18.2 Å². The molecule has 0 aromatic heterocycles. The number of hydrogen-bond acceptors (Lipinski definition) is 1. The molecule has 0 aliphatic carbocycles. The zero-order valence-electron chi connectivity index (χ0n) is 12.0. The molecular formula is C18H18Cl2O. The van der Waals surface area contributed by atoms with Crippen LogP contribution in [-0.2, 0) is 6.42 Å². The molecule has 0 saturated heterocycles. The van der Waals surface area contributed by atoms with E-state index in [-0.39, 0.29) is 5.78 Å². The van der Waals surface area contributed by atoms with Crippen LogP contribution in [0.5, 0.6) is 0 Å². The molecule has 0 radical (unpaired) electrons. The number of ketones is 1. The maximum atomic E-state index is 12.4. The van der Waals surface area contributed by atoms with Gasteiger partial charge in [-0.3, -0.25) is 4.79 Å². The maximum absolute atomic E-state index is 12.4. The number of halogens is 2. The first kappa shape index (κ1) is 16.1. The molecule has 0 N–H and O–H groups in total. The van der Waals surface area contributed by atoms with Crippen molar-refractivity contribution in [3.8, 4) is 0 Å². The number of carbonyl (C=O) groups is 1. The fourth-order valence-electron chi connectivity index (χ4n) is 2.21. The van der Waals surface area contributed by atoms with E-state index in [2.05, 4.69) is 6.92 Å². The molecule has 0 aliphatic heterocycles. The van der Waals surface area contributed by atoms with Crippen molar-refractivity contribution in [2.24, 2.45) is 0 Å². The van der Waals surface area contributed by atoms with Gasteiger partial charge in [-0.2, -0.15) is 0 Å². The van der Waals surface area contributed by atoms with Gasteiger partial charge in [0.25, 0.3) is 0 Å². The molecule has 0 atom stereocenters. The number of unbranched alkanes of at least 4 members (excludes halogenated alkanes) is 2. The molecule has 2 rings (SSSR count). The maximum Gasteiger partial charge on any atom is 0.193 e. The smallest absolute Gasteiger partial charge is 0.193 e. The van der Waals surface area contributed by atoms with E-state index in [9.17, 15) is 4.79 Å². The second kappa shape index (κ2) is 7.63. The van der Waals surface area contributed by atoms with Crippen molar-refractivity contribution in [2.75, 3.05) is 0 Å². The first-order valence-electron chi connectivity index (χ1n) is 7.20. The van der Waals surface area contributed by atoms with Crippen molar-refractivity contribution in [1.82, 2.24) is 0 Å². The van der Waals surface area contributed by atoms with E-state index in [0.29, 0.717) is 21.2 Å². The summed E-state index contributed by atoms with van der Waals surface area (Å²) in [4.78, 5) is 12.4. The average molecular weight is 321 g/mol. The third-order valence-corrected chi connectivity index (χ3v) is 4.21. The third kappa shape index (κ3) is 4.33. The number of hydrogen-bond donors (Lipinski definition) is 0. The summed E-state index contributed by atoms with van der Waals surface area (Å²) >= 11 is 11.8. The first-order valence-corrected chi connectivity index (χ1v) is 7.96. The topological polar surface area (TPSA) is 17.1 Å². The summed E-state index contributed by atoms with van der Waals surface area (Å²) in [5.74, 6) is -0.0336. The highest BCUT2D eigenvalue weighted by Crippen LogP contribution is 2.24. The lowest BCUT2D eigenvalue weighted by Crippen LogP contribution is -2.01. The minimum atomic E-state index is -0.0336. The molecule has 0 unspecified atom stereocenters. The molecular weight excluding hydrogens is 303 g/mol. The van der Waals surface area contributed by atoms with Crippen LogP contribution >= 0.6 is 23.2 Å². The fourth-order valence-corrected chi connectivity index (χ4v) is 2.50. The zero-order valence-corrected chi connectivity index (χ0v) is 13.5. The van der Waals surface area contributed by atoms with Gasteiger partial charge in [0.2, 0.25) is 0 Å². The van der Waals surface area contributed by atoms with E-state index in [4.69, 9.17) is 23.2 Å². The van der Waals surface area contributed by atoms with Gasteiger partial charge in [-0.15, -0.1) is 0 Å². The number of carbonyl (C=O) groups excluding carboxylic acids is 1. The largest absolute Gasteiger partial charge is 0.289 e. The predicted octanol–water partition coefficient (Wildman–Crippen LogP) is 5.96. The normalized spacial score (nSPS) is 10.6. The van der Waals surface area contributed by atoms with Gasteiger partial charge in [0.05, 0.1) is 10.0 Å². The molecule has 0 bridgehead atoms. The average Bonchev–Trinajstić information content (AvgIpc) is 2.50. The summed E-state index contributed by atoms with van der Waals surface area (Å²) in [6.45, 7) is 2.19. The summed E-state index contributed by atoms with van der Waals surface area (Å²) in [7, 11) is 0. The molecule has 0 fully saturated rings. The summed E-state index contributed by atoms with van der Waals surface area (Å²) < 4.78 is 0.